The van der Waals surface area contributed by atoms with Crippen molar-refractivity contribution in [1.29, 1.82) is 0 Å². The van der Waals surface area contributed by atoms with Crippen molar-refractivity contribution >= 4 is 23.4 Å². The number of anilines is 1. The van der Waals surface area contributed by atoms with Gasteiger partial charge in [0.25, 0.3) is 0 Å². The van der Waals surface area contributed by atoms with Crippen LogP contribution in [0, 0.1) is 12.3 Å². The van der Waals surface area contributed by atoms with Gasteiger partial charge in [0.05, 0.1) is 22.4 Å². The highest BCUT2D eigenvalue weighted by Crippen LogP contribution is 2.54. The average molecular weight is 534 g/mol. The minimum atomic E-state index is -4.40. The lowest BCUT2D eigenvalue weighted by Crippen LogP contribution is -2.73. The number of aryl methyl sites for hydroxylation is 1. The predicted molar refractivity (Wildman–Crippen MR) is 133 cm³/mol. The molecule has 3 saturated heterocycles. The van der Waals surface area contributed by atoms with Crippen LogP contribution in [0.15, 0.2) is 71.7 Å². The molecule has 6 rings (SSSR count). The summed E-state index contributed by atoms with van der Waals surface area (Å²) in [5, 5.41) is 10.7. The second kappa shape index (κ2) is 9.39. The number of benzene rings is 2. The van der Waals surface area contributed by atoms with Gasteiger partial charge in [0, 0.05) is 4.90 Å². The topological polar surface area (TPSA) is 74.3 Å². The lowest BCUT2D eigenvalue weighted by Gasteiger charge is -2.55. The second-order valence-electron chi connectivity index (χ2n) is 9.27. The molecule has 3 fully saturated rings. The average Bonchev–Trinajstić information content (AvgIpc) is 3.43. The van der Waals surface area contributed by atoms with Crippen LogP contribution >= 0.6 is 11.8 Å². The van der Waals surface area contributed by atoms with Gasteiger partial charge in [-0.2, -0.15) is 18.6 Å². The lowest BCUT2D eigenvalue weighted by atomic mass is 9.75. The van der Waals surface area contributed by atoms with Crippen LogP contribution in [0.2, 0.25) is 0 Å². The number of carboxylic acid groups (broad SMARTS) is 1. The van der Waals surface area contributed by atoms with E-state index in [1.807, 2.05) is 61.4 Å². The number of thioether (sulfide) groups is 1. The Morgan fingerprint density at radius 3 is 2.59 bits per heavy atom. The van der Waals surface area contributed by atoms with Crippen LogP contribution in [0.1, 0.15) is 17.5 Å². The fourth-order valence-electron chi connectivity index (χ4n) is 4.90. The lowest BCUT2D eigenvalue weighted by molar-refractivity contribution is -0.348. The monoisotopic (exact) mass is 533 g/mol. The smallest absolute Gasteiger partial charge is 0.416 e. The number of hydrazine groups is 1. The summed E-state index contributed by atoms with van der Waals surface area (Å²) in [6, 6.07) is 10.5. The van der Waals surface area contributed by atoms with Crippen LogP contribution in [-0.2, 0) is 15.7 Å². The zero-order valence-corrected chi connectivity index (χ0v) is 21.0. The van der Waals surface area contributed by atoms with Gasteiger partial charge in [-0.3, -0.25) is 9.80 Å². The highest BCUT2D eigenvalue weighted by atomic mass is 32.2. The second-order valence-corrected chi connectivity index (χ2v) is 10.3. The van der Waals surface area contributed by atoms with E-state index in [1.165, 1.54) is 23.9 Å². The van der Waals surface area contributed by atoms with Crippen molar-refractivity contribution in [2.45, 2.75) is 36.6 Å². The molecule has 2 bridgehead atoms. The molecule has 3 aliphatic heterocycles. The molecule has 3 unspecified atom stereocenters. The number of ether oxygens (including phenoxy) is 2. The summed E-state index contributed by atoms with van der Waals surface area (Å²) >= 11 is 1.26. The van der Waals surface area contributed by atoms with Crippen LogP contribution in [-0.4, -0.2) is 47.6 Å². The first-order valence-corrected chi connectivity index (χ1v) is 12.6. The minimum absolute atomic E-state index is 0.0181. The third-order valence-corrected chi connectivity index (χ3v) is 8.04. The number of nitrogens with zero attached hydrogens (tertiary/aromatic N) is 2. The highest BCUT2D eigenvalue weighted by molar-refractivity contribution is 8.00. The number of hydrogen-bond acceptors (Lipinski definition) is 7. The Balaban J connectivity index is 1.35. The number of fused-ring (bicyclic) bond motifs is 1. The molecular weight excluding hydrogens is 507 g/mol. The van der Waals surface area contributed by atoms with Gasteiger partial charge in [-0.05, 0) is 68.4 Å². The molecule has 2 N–H and O–H groups in total. The third-order valence-electron chi connectivity index (χ3n) is 6.88. The van der Waals surface area contributed by atoms with E-state index in [-0.39, 0.29) is 12.4 Å². The quantitative estimate of drug-likeness (QED) is 0.460. The number of carbonyl (C=O) groups is 1. The number of carboxylic acids is 1. The SMILES string of the molecule is Cc1cc(OCC2(C34NN(c5ccc(C(F)(F)F)cc5)C(O3)N4C)C=CC=CC2)ccc1SCC(=O)O. The fraction of sp³-hybridized carbons (Fsp3) is 0.346. The van der Waals surface area contributed by atoms with Crippen LogP contribution in [0.25, 0.3) is 0 Å². The summed E-state index contributed by atoms with van der Waals surface area (Å²) in [5.74, 6) is -1.21. The molecule has 0 saturated carbocycles. The summed E-state index contributed by atoms with van der Waals surface area (Å²) in [7, 11) is 1.90. The maximum Gasteiger partial charge on any atom is 0.416 e. The largest absolute Gasteiger partial charge is 0.492 e. The van der Waals surface area contributed by atoms with E-state index >= 15 is 0 Å². The van der Waals surface area contributed by atoms with Crippen molar-refractivity contribution in [3.8, 4) is 5.75 Å². The molecule has 196 valence electrons. The van der Waals surface area contributed by atoms with Crippen LogP contribution in [0.5, 0.6) is 5.75 Å². The number of aliphatic carboxylic acids is 1. The van der Waals surface area contributed by atoms with E-state index in [2.05, 4.69) is 5.43 Å². The fourth-order valence-corrected chi connectivity index (χ4v) is 5.63. The Kier molecular flexibility index (Phi) is 6.51. The Labute approximate surface area is 216 Å². The number of halogens is 3. The molecule has 0 radical (unpaired) electrons. The Hall–Kier alpha value is -2.99. The van der Waals surface area contributed by atoms with E-state index in [4.69, 9.17) is 14.6 Å². The molecule has 2 aromatic carbocycles. The van der Waals surface area contributed by atoms with Gasteiger partial charge >= 0.3 is 12.1 Å². The van der Waals surface area contributed by atoms with Crippen molar-refractivity contribution in [2.75, 3.05) is 24.4 Å². The van der Waals surface area contributed by atoms with Gasteiger partial charge in [-0.15, -0.1) is 11.8 Å². The van der Waals surface area contributed by atoms with Crippen LogP contribution < -0.4 is 15.2 Å². The van der Waals surface area contributed by atoms with Gasteiger partial charge in [-0.25, -0.2) is 4.90 Å². The van der Waals surface area contributed by atoms with Gasteiger partial charge in [-0.1, -0.05) is 24.3 Å². The van der Waals surface area contributed by atoms with Gasteiger partial charge in [0.15, 0.2) is 0 Å². The first kappa shape index (κ1) is 25.7. The number of hydrogen-bond donors (Lipinski definition) is 2. The zero-order valence-electron chi connectivity index (χ0n) is 20.2. The number of allylic oxidation sites excluding steroid dienone is 3. The molecule has 0 amide bonds. The van der Waals surface area contributed by atoms with Gasteiger partial charge in [0.2, 0.25) is 12.2 Å². The van der Waals surface area contributed by atoms with Crippen LogP contribution in [0.4, 0.5) is 18.9 Å². The van der Waals surface area contributed by atoms with Crippen molar-refractivity contribution in [2.24, 2.45) is 5.41 Å². The van der Waals surface area contributed by atoms with Gasteiger partial charge in [0.1, 0.15) is 12.4 Å². The molecule has 0 spiro atoms. The standard InChI is InChI=1S/C26H26F3N3O4S/c1-17-14-20(10-11-21(17)37-15-22(33)34)35-16-24(12-4-3-5-13-24)26-30-32(23(36-26)31(26)2)19-8-6-18(7-9-19)25(27,28)29/h3-12,14,23,30H,13,15-16H2,1-2H3,(H,33,34). The van der Waals surface area contributed by atoms with E-state index < -0.39 is 35.3 Å². The highest BCUT2D eigenvalue weighted by Gasteiger charge is 2.71. The molecular formula is C26H26F3N3O4S. The van der Waals surface area contributed by atoms with E-state index in [9.17, 15) is 18.0 Å². The van der Waals surface area contributed by atoms with Gasteiger partial charge < -0.3 is 14.6 Å². The summed E-state index contributed by atoms with van der Waals surface area (Å²) in [5.41, 5.74) is 3.52. The molecule has 4 aliphatic rings. The maximum absolute atomic E-state index is 13.0. The van der Waals surface area contributed by atoms with E-state index in [0.717, 1.165) is 22.6 Å². The summed E-state index contributed by atoms with van der Waals surface area (Å²) in [6.45, 7) is 2.17. The summed E-state index contributed by atoms with van der Waals surface area (Å²) in [4.78, 5) is 13.8. The Bertz CT molecular complexity index is 1250. The van der Waals surface area contributed by atoms with E-state index in [1.54, 1.807) is 5.01 Å². The van der Waals surface area contributed by atoms with Crippen molar-refractivity contribution in [1.82, 2.24) is 10.3 Å². The number of rotatable bonds is 8. The van der Waals surface area contributed by atoms with Crippen molar-refractivity contribution in [3.05, 3.63) is 77.9 Å². The summed E-state index contributed by atoms with van der Waals surface area (Å²) in [6.07, 6.45) is 3.67. The first-order valence-electron chi connectivity index (χ1n) is 11.6. The van der Waals surface area contributed by atoms with Crippen LogP contribution in [0.3, 0.4) is 0 Å². The normalized spacial score (nSPS) is 26.8. The zero-order chi connectivity index (χ0) is 26.4. The molecule has 1 aliphatic carbocycles. The van der Waals surface area contributed by atoms with Crippen molar-refractivity contribution in [3.63, 3.8) is 0 Å². The molecule has 7 nitrogen and oxygen atoms in total. The van der Waals surface area contributed by atoms with Crippen molar-refractivity contribution < 1.29 is 32.5 Å². The molecule has 0 aromatic heterocycles. The molecule has 37 heavy (non-hydrogen) atoms. The third kappa shape index (κ3) is 4.50. The Morgan fingerprint density at radius 1 is 1.24 bits per heavy atom. The number of alkyl halides is 3. The molecule has 3 atom stereocenters. The summed E-state index contributed by atoms with van der Waals surface area (Å²) < 4.78 is 51.7. The molecule has 11 heteroatoms. The Morgan fingerprint density at radius 2 is 2.00 bits per heavy atom. The predicted octanol–water partition coefficient (Wildman–Crippen LogP) is 5.00. The van der Waals surface area contributed by atoms with E-state index in [0.29, 0.717) is 17.9 Å². The molecule has 2 aromatic rings. The number of nitrogens with one attached hydrogen (secondary N) is 1. The minimum Gasteiger partial charge on any atom is -0.492 e. The first-order chi connectivity index (χ1) is 17.5. The maximum atomic E-state index is 13.0. The molecule has 3 heterocycles.